The first-order chi connectivity index (χ1) is 7.47. The minimum absolute atomic E-state index is 0.163. The number of halogens is 1. The lowest BCUT2D eigenvalue weighted by Crippen LogP contribution is -2.41. The maximum absolute atomic E-state index is 11.7. The van der Waals surface area contributed by atoms with E-state index in [0.717, 1.165) is 0 Å². The molecule has 0 aromatic rings. The second-order valence-corrected chi connectivity index (χ2v) is 5.70. The van der Waals surface area contributed by atoms with Gasteiger partial charge in [-0.05, 0) is 6.42 Å². The minimum Gasteiger partial charge on any atom is -0.383 e. The highest BCUT2D eigenvalue weighted by molar-refractivity contribution is 7.87. The summed E-state index contributed by atoms with van der Waals surface area (Å²) < 4.78 is 32.1. The van der Waals surface area contributed by atoms with Crippen LogP contribution in [0, 0.1) is 0 Å². The van der Waals surface area contributed by atoms with E-state index in [-0.39, 0.29) is 5.38 Å². The zero-order valence-corrected chi connectivity index (χ0v) is 11.6. The highest BCUT2D eigenvalue weighted by Crippen LogP contribution is 2.02. The molecule has 0 spiro atoms. The Labute approximate surface area is 103 Å². The van der Waals surface area contributed by atoms with E-state index in [4.69, 9.17) is 16.3 Å². The Morgan fingerprint density at radius 3 is 2.38 bits per heavy atom. The van der Waals surface area contributed by atoms with Crippen molar-refractivity contribution in [2.75, 3.05) is 33.4 Å². The second-order valence-electron chi connectivity index (χ2n) is 3.32. The third-order valence-corrected chi connectivity index (χ3v) is 4.24. The number of methoxy groups -OCH3 is 1. The van der Waals surface area contributed by atoms with E-state index >= 15 is 0 Å². The Hall–Kier alpha value is 0.120. The summed E-state index contributed by atoms with van der Waals surface area (Å²) in [4.78, 5) is 0. The fourth-order valence-electron chi connectivity index (χ4n) is 1.26. The van der Waals surface area contributed by atoms with E-state index in [2.05, 4.69) is 4.72 Å². The fraction of sp³-hybridized carbons (Fsp3) is 1.00. The Morgan fingerprint density at radius 2 is 1.94 bits per heavy atom. The van der Waals surface area contributed by atoms with Gasteiger partial charge in [0, 0.05) is 26.7 Å². The van der Waals surface area contributed by atoms with Crippen molar-refractivity contribution in [2.24, 2.45) is 0 Å². The normalized spacial score (nSPS) is 14.3. The van der Waals surface area contributed by atoms with Gasteiger partial charge < -0.3 is 4.74 Å². The van der Waals surface area contributed by atoms with Crippen molar-refractivity contribution in [3.63, 3.8) is 0 Å². The Morgan fingerprint density at radius 1 is 1.38 bits per heavy atom. The van der Waals surface area contributed by atoms with Crippen LogP contribution in [-0.4, -0.2) is 51.5 Å². The Balaban J connectivity index is 4.00. The van der Waals surface area contributed by atoms with Gasteiger partial charge in [-0.1, -0.05) is 13.8 Å². The zero-order chi connectivity index (χ0) is 12.6. The van der Waals surface area contributed by atoms with E-state index < -0.39 is 10.2 Å². The van der Waals surface area contributed by atoms with Gasteiger partial charge in [0.05, 0.1) is 12.0 Å². The van der Waals surface area contributed by atoms with Gasteiger partial charge >= 0.3 is 0 Å². The third-order valence-electron chi connectivity index (χ3n) is 2.13. The molecule has 0 aliphatic heterocycles. The first-order valence-electron chi connectivity index (χ1n) is 5.35. The summed E-state index contributed by atoms with van der Waals surface area (Å²) in [6, 6.07) is 0. The summed E-state index contributed by atoms with van der Waals surface area (Å²) in [5.74, 6) is 0. The Kier molecular flexibility index (Phi) is 8.31. The van der Waals surface area contributed by atoms with Gasteiger partial charge in [0.2, 0.25) is 0 Å². The van der Waals surface area contributed by atoms with Crippen molar-refractivity contribution in [3.8, 4) is 0 Å². The standard InChI is InChI=1S/C9H21ClN2O3S/c1-4-12(5-2)16(13,14)11-7-6-9(10)8-15-3/h9,11H,4-8H2,1-3H3. The van der Waals surface area contributed by atoms with Gasteiger partial charge in [0.15, 0.2) is 0 Å². The van der Waals surface area contributed by atoms with Crippen LogP contribution in [0.5, 0.6) is 0 Å². The first-order valence-corrected chi connectivity index (χ1v) is 7.23. The highest BCUT2D eigenvalue weighted by Gasteiger charge is 2.17. The van der Waals surface area contributed by atoms with Gasteiger partial charge in [0.25, 0.3) is 10.2 Å². The van der Waals surface area contributed by atoms with Crippen LogP contribution in [0.1, 0.15) is 20.3 Å². The molecule has 1 N–H and O–H groups in total. The number of hydrogen-bond donors (Lipinski definition) is 1. The summed E-state index contributed by atoms with van der Waals surface area (Å²) in [5, 5.41) is -0.163. The number of rotatable bonds is 9. The van der Waals surface area contributed by atoms with E-state index in [1.807, 2.05) is 0 Å². The summed E-state index contributed by atoms with van der Waals surface area (Å²) in [6.45, 7) is 5.29. The lowest BCUT2D eigenvalue weighted by molar-refractivity contribution is 0.196. The van der Waals surface area contributed by atoms with Crippen molar-refractivity contribution in [1.29, 1.82) is 0 Å². The lowest BCUT2D eigenvalue weighted by atomic mass is 10.3. The van der Waals surface area contributed by atoms with Crippen molar-refractivity contribution in [2.45, 2.75) is 25.6 Å². The van der Waals surface area contributed by atoms with Crippen molar-refractivity contribution < 1.29 is 13.2 Å². The third kappa shape index (κ3) is 6.00. The quantitative estimate of drug-likeness (QED) is 0.632. The maximum Gasteiger partial charge on any atom is 0.279 e. The second kappa shape index (κ2) is 8.25. The molecule has 0 heterocycles. The predicted molar refractivity (Wildman–Crippen MR) is 66.0 cm³/mol. The smallest absolute Gasteiger partial charge is 0.279 e. The molecule has 0 fully saturated rings. The molecule has 0 rings (SSSR count). The molecule has 16 heavy (non-hydrogen) atoms. The van der Waals surface area contributed by atoms with Crippen LogP contribution in [0.2, 0.25) is 0 Å². The summed E-state index contributed by atoms with van der Waals surface area (Å²) >= 11 is 5.88. The largest absolute Gasteiger partial charge is 0.383 e. The van der Waals surface area contributed by atoms with Crippen LogP contribution in [0.25, 0.3) is 0 Å². The number of nitrogens with one attached hydrogen (secondary N) is 1. The first kappa shape index (κ1) is 16.1. The number of hydrogen-bond acceptors (Lipinski definition) is 3. The summed E-state index contributed by atoms with van der Waals surface area (Å²) in [7, 11) is -1.78. The van der Waals surface area contributed by atoms with Crippen LogP contribution >= 0.6 is 11.6 Å². The summed E-state index contributed by atoms with van der Waals surface area (Å²) in [5.41, 5.74) is 0. The molecule has 0 aliphatic carbocycles. The fourth-order valence-corrected chi connectivity index (χ4v) is 2.74. The molecular formula is C9H21ClN2O3S. The van der Waals surface area contributed by atoms with Gasteiger partial charge in [-0.25, -0.2) is 4.72 Å². The average molecular weight is 273 g/mol. The van der Waals surface area contributed by atoms with E-state index in [1.54, 1.807) is 21.0 Å². The predicted octanol–water partition coefficient (Wildman–Crippen LogP) is 0.806. The topological polar surface area (TPSA) is 58.6 Å². The maximum atomic E-state index is 11.7. The van der Waals surface area contributed by atoms with Crippen LogP contribution in [0.15, 0.2) is 0 Å². The van der Waals surface area contributed by atoms with E-state index in [1.165, 1.54) is 4.31 Å². The zero-order valence-electron chi connectivity index (χ0n) is 10.1. The molecule has 7 heteroatoms. The molecule has 0 aliphatic rings. The molecule has 98 valence electrons. The van der Waals surface area contributed by atoms with Gasteiger partial charge in [-0.15, -0.1) is 11.6 Å². The average Bonchev–Trinajstić information content (AvgIpc) is 2.19. The SMILES string of the molecule is CCN(CC)S(=O)(=O)NCCC(Cl)COC. The molecule has 0 aromatic heterocycles. The van der Waals surface area contributed by atoms with Crippen molar-refractivity contribution in [1.82, 2.24) is 9.03 Å². The molecule has 0 saturated carbocycles. The molecule has 5 nitrogen and oxygen atoms in total. The van der Waals surface area contributed by atoms with Crippen molar-refractivity contribution >= 4 is 21.8 Å². The molecule has 0 bridgehead atoms. The number of alkyl halides is 1. The minimum atomic E-state index is -3.35. The molecule has 0 aromatic carbocycles. The molecule has 0 saturated heterocycles. The van der Waals surface area contributed by atoms with Crippen molar-refractivity contribution in [3.05, 3.63) is 0 Å². The molecule has 1 atom stereocenters. The number of ether oxygens (including phenoxy) is 1. The summed E-state index contributed by atoms with van der Waals surface area (Å²) in [6.07, 6.45) is 0.551. The molecular weight excluding hydrogens is 252 g/mol. The molecule has 1 unspecified atom stereocenters. The molecule has 0 radical (unpaired) electrons. The van der Waals surface area contributed by atoms with Gasteiger partial charge in [-0.3, -0.25) is 0 Å². The van der Waals surface area contributed by atoms with Crippen LogP contribution < -0.4 is 4.72 Å². The van der Waals surface area contributed by atoms with Crippen LogP contribution in [0.4, 0.5) is 0 Å². The number of nitrogens with zero attached hydrogens (tertiary/aromatic N) is 1. The monoisotopic (exact) mass is 272 g/mol. The lowest BCUT2D eigenvalue weighted by Gasteiger charge is -2.19. The van der Waals surface area contributed by atoms with E-state index in [0.29, 0.717) is 32.7 Å². The van der Waals surface area contributed by atoms with E-state index in [9.17, 15) is 8.42 Å². The van der Waals surface area contributed by atoms with Gasteiger partial charge in [-0.2, -0.15) is 12.7 Å². The van der Waals surface area contributed by atoms with Crippen LogP contribution in [-0.2, 0) is 14.9 Å². The van der Waals surface area contributed by atoms with Gasteiger partial charge in [0.1, 0.15) is 0 Å². The Bertz CT molecular complexity index is 268. The van der Waals surface area contributed by atoms with Crippen LogP contribution in [0.3, 0.4) is 0 Å². The highest BCUT2D eigenvalue weighted by atomic mass is 35.5. The molecule has 0 amide bonds.